The van der Waals surface area contributed by atoms with E-state index in [1.165, 1.54) is 10.5 Å². The van der Waals surface area contributed by atoms with Crippen LogP contribution in [0.1, 0.15) is 35.7 Å². The van der Waals surface area contributed by atoms with Crippen LogP contribution < -0.4 is 0 Å². The maximum absolute atomic E-state index is 12.0. The van der Waals surface area contributed by atoms with E-state index in [4.69, 9.17) is 5.11 Å². The molecule has 96 valence electrons. The number of fused-ring (bicyclic) bond motifs is 1. The maximum atomic E-state index is 12.0. The van der Waals surface area contributed by atoms with Gasteiger partial charge in [0.15, 0.2) is 5.78 Å². The van der Waals surface area contributed by atoms with Gasteiger partial charge < -0.3 is 5.11 Å². The van der Waals surface area contributed by atoms with Gasteiger partial charge in [-0.1, -0.05) is 13.0 Å². The molecule has 0 spiro atoms. The Bertz CT molecular complexity index is 482. The minimum atomic E-state index is -0.920. The van der Waals surface area contributed by atoms with Crippen LogP contribution in [0.25, 0.3) is 0 Å². The van der Waals surface area contributed by atoms with Gasteiger partial charge in [0.25, 0.3) is 0 Å². The van der Waals surface area contributed by atoms with Crippen molar-refractivity contribution in [3.05, 3.63) is 29.3 Å². The van der Waals surface area contributed by atoms with E-state index in [1.807, 2.05) is 30.0 Å². The van der Waals surface area contributed by atoms with E-state index in [0.717, 1.165) is 18.6 Å². The largest absolute Gasteiger partial charge is 0.481 e. The molecule has 2 rings (SSSR count). The van der Waals surface area contributed by atoms with Gasteiger partial charge in [0, 0.05) is 16.9 Å². The summed E-state index contributed by atoms with van der Waals surface area (Å²) in [7, 11) is 0. The molecule has 0 saturated carbocycles. The van der Waals surface area contributed by atoms with Crippen LogP contribution in [-0.2, 0) is 11.2 Å². The topological polar surface area (TPSA) is 54.4 Å². The Kier molecular flexibility index (Phi) is 4.07. The van der Waals surface area contributed by atoms with Gasteiger partial charge in [-0.25, -0.2) is 0 Å². The third-order valence-electron chi connectivity index (χ3n) is 3.14. The van der Waals surface area contributed by atoms with Gasteiger partial charge in [0.1, 0.15) is 0 Å². The van der Waals surface area contributed by atoms with Gasteiger partial charge >= 0.3 is 5.97 Å². The molecule has 1 N–H and O–H groups in total. The number of ketones is 1. The molecule has 18 heavy (non-hydrogen) atoms. The fourth-order valence-corrected chi connectivity index (χ4v) is 3.04. The average Bonchev–Trinajstić information content (AvgIpc) is 2.37. The molecular formula is C14H16O3S. The monoisotopic (exact) mass is 264 g/mol. The molecule has 1 aromatic rings. The van der Waals surface area contributed by atoms with Crippen LogP contribution in [0.2, 0.25) is 0 Å². The molecule has 1 atom stereocenters. The predicted octanol–water partition coefficient (Wildman–Crippen LogP) is 3.02. The first kappa shape index (κ1) is 13.1. The van der Waals surface area contributed by atoms with Crippen LogP contribution in [0, 0.1) is 5.92 Å². The van der Waals surface area contributed by atoms with Crippen molar-refractivity contribution in [1.82, 2.24) is 0 Å². The highest BCUT2D eigenvalue weighted by molar-refractivity contribution is 7.99. The van der Waals surface area contributed by atoms with Crippen LogP contribution >= 0.6 is 11.8 Å². The highest BCUT2D eigenvalue weighted by Crippen LogP contribution is 2.30. The Hall–Kier alpha value is -1.29. The Morgan fingerprint density at radius 3 is 2.94 bits per heavy atom. The second-order valence-corrected chi connectivity index (χ2v) is 5.78. The van der Waals surface area contributed by atoms with E-state index in [1.54, 1.807) is 6.92 Å². The number of Topliss-reactive ketones (excluding diaryl/α,β-unsaturated/α-hetero) is 1. The van der Waals surface area contributed by atoms with Gasteiger partial charge in [-0.15, -0.1) is 11.8 Å². The van der Waals surface area contributed by atoms with Gasteiger partial charge in [0.05, 0.1) is 5.92 Å². The number of carbonyl (C=O) groups is 2. The fraction of sp³-hybridized carbons (Fsp3) is 0.429. The summed E-state index contributed by atoms with van der Waals surface area (Å²) >= 11 is 1.82. The van der Waals surface area contributed by atoms with E-state index in [-0.39, 0.29) is 12.2 Å². The molecule has 3 nitrogen and oxygen atoms in total. The average molecular weight is 264 g/mol. The Morgan fingerprint density at radius 1 is 1.44 bits per heavy atom. The molecule has 1 aliphatic rings. The number of thioether (sulfide) groups is 1. The quantitative estimate of drug-likeness (QED) is 0.849. The number of hydrogen-bond acceptors (Lipinski definition) is 3. The standard InChI is InChI=1S/C14H16O3S/c1-9(14(16)17)7-12(15)10-4-5-13-11(8-10)3-2-6-18-13/h4-5,8-9H,2-3,6-7H2,1H3,(H,16,17). The first-order valence-corrected chi connectivity index (χ1v) is 7.08. The first-order chi connectivity index (χ1) is 8.58. The zero-order valence-electron chi connectivity index (χ0n) is 10.3. The van der Waals surface area contributed by atoms with Gasteiger partial charge in [-0.3, -0.25) is 9.59 Å². The lowest BCUT2D eigenvalue weighted by Gasteiger charge is -2.16. The van der Waals surface area contributed by atoms with E-state index in [0.29, 0.717) is 5.56 Å². The minimum absolute atomic E-state index is 0.0707. The lowest BCUT2D eigenvalue weighted by molar-refractivity contribution is -0.141. The van der Waals surface area contributed by atoms with Crippen molar-refractivity contribution in [1.29, 1.82) is 0 Å². The van der Waals surface area contributed by atoms with Crippen molar-refractivity contribution >= 4 is 23.5 Å². The third kappa shape index (κ3) is 2.93. The lowest BCUT2D eigenvalue weighted by atomic mass is 9.97. The summed E-state index contributed by atoms with van der Waals surface area (Å²) in [4.78, 5) is 24.0. The lowest BCUT2D eigenvalue weighted by Crippen LogP contribution is -2.15. The smallest absolute Gasteiger partial charge is 0.306 e. The Balaban J connectivity index is 2.13. The van der Waals surface area contributed by atoms with Crippen LogP contribution in [-0.4, -0.2) is 22.6 Å². The highest BCUT2D eigenvalue weighted by atomic mass is 32.2. The normalized spacial score (nSPS) is 15.8. The number of carboxylic acid groups (broad SMARTS) is 1. The number of carboxylic acids is 1. The number of aliphatic carboxylic acids is 1. The summed E-state index contributed by atoms with van der Waals surface area (Å²) in [6, 6.07) is 5.73. The van der Waals surface area contributed by atoms with Crippen molar-refractivity contribution in [3.8, 4) is 0 Å². The van der Waals surface area contributed by atoms with Gasteiger partial charge in [-0.2, -0.15) is 0 Å². The molecule has 0 aromatic heterocycles. The molecule has 1 aliphatic heterocycles. The molecule has 0 radical (unpaired) electrons. The summed E-state index contributed by atoms with van der Waals surface area (Å²) in [6.07, 6.45) is 2.22. The molecule has 1 unspecified atom stereocenters. The third-order valence-corrected chi connectivity index (χ3v) is 4.35. The summed E-state index contributed by atoms with van der Waals surface area (Å²) in [5, 5.41) is 8.81. The zero-order chi connectivity index (χ0) is 13.1. The van der Waals surface area contributed by atoms with E-state index in [9.17, 15) is 9.59 Å². The summed E-state index contributed by atoms with van der Waals surface area (Å²) in [5.41, 5.74) is 1.87. The Morgan fingerprint density at radius 2 is 2.22 bits per heavy atom. The zero-order valence-corrected chi connectivity index (χ0v) is 11.1. The Labute approximate surface area is 111 Å². The number of hydrogen-bond donors (Lipinski definition) is 1. The van der Waals surface area contributed by atoms with Crippen molar-refractivity contribution in [2.75, 3.05) is 5.75 Å². The summed E-state index contributed by atoms with van der Waals surface area (Å²) in [6.45, 7) is 1.56. The summed E-state index contributed by atoms with van der Waals surface area (Å²) in [5.74, 6) is -0.487. The number of aryl methyl sites for hydroxylation is 1. The van der Waals surface area contributed by atoms with Crippen LogP contribution in [0.4, 0.5) is 0 Å². The molecular weight excluding hydrogens is 248 g/mol. The molecule has 1 heterocycles. The van der Waals surface area contributed by atoms with Crippen molar-refractivity contribution in [2.45, 2.75) is 31.1 Å². The fourth-order valence-electron chi connectivity index (χ4n) is 2.02. The maximum Gasteiger partial charge on any atom is 0.306 e. The van der Waals surface area contributed by atoms with Gasteiger partial charge in [-0.05, 0) is 36.3 Å². The highest BCUT2D eigenvalue weighted by Gasteiger charge is 2.18. The SMILES string of the molecule is CC(CC(=O)c1ccc2c(c1)CCCS2)C(=O)O. The van der Waals surface area contributed by atoms with Gasteiger partial charge in [0.2, 0.25) is 0 Å². The van der Waals surface area contributed by atoms with Crippen LogP contribution in [0.3, 0.4) is 0 Å². The van der Waals surface area contributed by atoms with Crippen LogP contribution in [0.15, 0.2) is 23.1 Å². The van der Waals surface area contributed by atoms with Crippen molar-refractivity contribution in [2.24, 2.45) is 5.92 Å². The number of benzene rings is 1. The second kappa shape index (κ2) is 5.57. The summed E-state index contributed by atoms with van der Waals surface area (Å²) < 4.78 is 0. The van der Waals surface area contributed by atoms with Crippen molar-refractivity contribution in [3.63, 3.8) is 0 Å². The number of rotatable bonds is 4. The van der Waals surface area contributed by atoms with Crippen LogP contribution in [0.5, 0.6) is 0 Å². The molecule has 0 fully saturated rings. The molecule has 0 aliphatic carbocycles. The van der Waals surface area contributed by atoms with E-state index >= 15 is 0 Å². The molecule has 4 heteroatoms. The van der Waals surface area contributed by atoms with E-state index < -0.39 is 11.9 Å². The number of carbonyl (C=O) groups excluding carboxylic acids is 1. The first-order valence-electron chi connectivity index (χ1n) is 6.09. The van der Waals surface area contributed by atoms with Crippen molar-refractivity contribution < 1.29 is 14.7 Å². The molecule has 0 amide bonds. The second-order valence-electron chi connectivity index (χ2n) is 4.64. The molecule has 1 aromatic carbocycles. The van der Waals surface area contributed by atoms with E-state index in [2.05, 4.69) is 0 Å². The molecule has 0 bridgehead atoms. The minimum Gasteiger partial charge on any atom is -0.481 e. The molecule has 0 saturated heterocycles. The predicted molar refractivity (Wildman–Crippen MR) is 71.2 cm³/mol.